The molecule has 1 fully saturated rings. The lowest BCUT2D eigenvalue weighted by Crippen LogP contribution is -2.21. The van der Waals surface area contributed by atoms with Gasteiger partial charge >= 0.3 is 0 Å². The van der Waals surface area contributed by atoms with E-state index in [1.54, 1.807) is 11.8 Å². The van der Waals surface area contributed by atoms with E-state index in [9.17, 15) is 5.11 Å². The van der Waals surface area contributed by atoms with Crippen molar-refractivity contribution in [2.45, 2.75) is 38.5 Å². The van der Waals surface area contributed by atoms with E-state index in [0.29, 0.717) is 25.6 Å². The quantitative estimate of drug-likeness (QED) is 0.683. The zero-order valence-corrected chi connectivity index (χ0v) is 10.2. The molecule has 1 unspecified atom stereocenters. The molecule has 0 spiro atoms. The molecule has 0 amide bonds. The van der Waals surface area contributed by atoms with E-state index in [2.05, 4.69) is 10.3 Å². The zero-order chi connectivity index (χ0) is 12.3. The van der Waals surface area contributed by atoms with Crippen LogP contribution >= 0.6 is 0 Å². The van der Waals surface area contributed by atoms with Crippen LogP contribution in [0.15, 0.2) is 0 Å². The van der Waals surface area contributed by atoms with Gasteiger partial charge in [0.25, 0.3) is 0 Å². The van der Waals surface area contributed by atoms with Gasteiger partial charge in [-0.25, -0.2) is 4.68 Å². The molecule has 0 saturated heterocycles. The predicted molar refractivity (Wildman–Crippen MR) is 62.2 cm³/mol. The highest BCUT2D eigenvalue weighted by Crippen LogP contribution is 2.33. The predicted octanol–water partition coefficient (Wildman–Crippen LogP) is -0.303. The van der Waals surface area contributed by atoms with E-state index >= 15 is 0 Å². The Hall–Kier alpha value is -0.980. The molecular formula is C11H20N4O2. The molecule has 0 aliphatic heterocycles. The van der Waals surface area contributed by atoms with Crippen LogP contribution in [0.2, 0.25) is 0 Å². The number of hydrogen-bond acceptors (Lipinski definition) is 5. The van der Waals surface area contributed by atoms with Gasteiger partial charge in [0, 0.05) is 20.1 Å². The van der Waals surface area contributed by atoms with E-state index in [1.807, 2.05) is 0 Å². The molecule has 3 N–H and O–H groups in total. The number of ether oxygens (including phenoxy) is 1. The number of methoxy groups -OCH3 is 1. The van der Waals surface area contributed by atoms with Gasteiger partial charge in [0.15, 0.2) is 0 Å². The minimum absolute atomic E-state index is 0.316. The number of aliphatic hydroxyl groups excluding tert-OH is 1. The number of hydrogen-bond donors (Lipinski definition) is 2. The summed E-state index contributed by atoms with van der Waals surface area (Å²) >= 11 is 0. The molecule has 1 aromatic heterocycles. The summed E-state index contributed by atoms with van der Waals surface area (Å²) < 4.78 is 6.83. The number of rotatable bonds is 7. The smallest absolute Gasteiger partial charge is 0.0995 e. The largest absolute Gasteiger partial charge is 0.391 e. The Morgan fingerprint density at radius 1 is 1.59 bits per heavy atom. The van der Waals surface area contributed by atoms with E-state index < -0.39 is 0 Å². The van der Waals surface area contributed by atoms with Gasteiger partial charge in [-0.15, -0.1) is 5.10 Å². The third-order valence-corrected chi connectivity index (χ3v) is 3.18. The van der Waals surface area contributed by atoms with Gasteiger partial charge in [0.05, 0.1) is 30.6 Å². The molecule has 1 atom stereocenters. The Morgan fingerprint density at radius 3 is 2.94 bits per heavy atom. The Labute approximate surface area is 101 Å². The molecule has 96 valence electrons. The van der Waals surface area contributed by atoms with Gasteiger partial charge in [-0.3, -0.25) is 0 Å². The van der Waals surface area contributed by atoms with E-state index in [1.165, 1.54) is 0 Å². The number of aliphatic hydroxyl groups is 1. The third-order valence-electron chi connectivity index (χ3n) is 3.18. The standard InChI is InChI=1S/C11H20N4O2/c1-17-5-4-10-9(6-12)13-14-15(10)7-11(16)8-2-3-8/h8,11,16H,2-7,12H2,1H3. The lowest BCUT2D eigenvalue weighted by Gasteiger charge is -2.11. The molecule has 17 heavy (non-hydrogen) atoms. The summed E-state index contributed by atoms with van der Waals surface area (Å²) in [5.41, 5.74) is 7.40. The SMILES string of the molecule is COCCc1c(CN)nnn1CC(O)C1CC1. The van der Waals surface area contributed by atoms with Crippen LogP contribution in [0.25, 0.3) is 0 Å². The van der Waals surface area contributed by atoms with Crippen LogP contribution in [0.3, 0.4) is 0 Å². The lowest BCUT2D eigenvalue weighted by molar-refractivity contribution is 0.124. The van der Waals surface area contributed by atoms with Crippen molar-refractivity contribution >= 4 is 0 Å². The number of nitrogens with two attached hydrogens (primary N) is 1. The lowest BCUT2D eigenvalue weighted by atomic mass is 10.2. The van der Waals surface area contributed by atoms with Gasteiger partial charge in [0.2, 0.25) is 0 Å². The van der Waals surface area contributed by atoms with Crippen molar-refractivity contribution < 1.29 is 9.84 Å². The normalized spacial score (nSPS) is 17.4. The summed E-state index contributed by atoms with van der Waals surface area (Å²) in [5, 5.41) is 18.0. The molecule has 1 aliphatic rings. The zero-order valence-electron chi connectivity index (χ0n) is 10.2. The van der Waals surface area contributed by atoms with E-state index in [-0.39, 0.29) is 6.10 Å². The molecule has 0 radical (unpaired) electrons. The summed E-state index contributed by atoms with van der Waals surface area (Å²) in [6.45, 7) is 1.50. The topological polar surface area (TPSA) is 86.2 Å². The fourth-order valence-electron chi connectivity index (χ4n) is 1.95. The van der Waals surface area contributed by atoms with Crippen molar-refractivity contribution in [1.82, 2.24) is 15.0 Å². The maximum absolute atomic E-state index is 9.92. The van der Waals surface area contributed by atoms with Crippen LogP contribution < -0.4 is 5.73 Å². The third kappa shape index (κ3) is 3.02. The van der Waals surface area contributed by atoms with Crippen LogP contribution in [0.4, 0.5) is 0 Å². The van der Waals surface area contributed by atoms with Crippen molar-refractivity contribution in [3.8, 4) is 0 Å². The van der Waals surface area contributed by atoms with Gasteiger partial charge in [-0.2, -0.15) is 0 Å². The van der Waals surface area contributed by atoms with E-state index in [0.717, 1.165) is 30.7 Å². The average molecular weight is 240 g/mol. The minimum atomic E-state index is -0.316. The Morgan fingerprint density at radius 2 is 2.35 bits per heavy atom. The van der Waals surface area contributed by atoms with Crippen LogP contribution in [-0.2, 0) is 24.2 Å². The van der Waals surface area contributed by atoms with Crippen molar-refractivity contribution in [2.24, 2.45) is 11.7 Å². The van der Waals surface area contributed by atoms with E-state index in [4.69, 9.17) is 10.5 Å². The average Bonchev–Trinajstić information content (AvgIpc) is 3.11. The fraction of sp³-hybridized carbons (Fsp3) is 0.818. The van der Waals surface area contributed by atoms with Gasteiger partial charge < -0.3 is 15.6 Å². The molecule has 1 saturated carbocycles. The number of nitrogens with zero attached hydrogens (tertiary/aromatic N) is 3. The second-order valence-electron chi connectivity index (χ2n) is 4.52. The Bertz CT molecular complexity index is 362. The second kappa shape index (κ2) is 5.57. The molecule has 0 bridgehead atoms. The monoisotopic (exact) mass is 240 g/mol. The van der Waals surface area contributed by atoms with Gasteiger partial charge in [-0.05, 0) is 18.8 Å². The molecule has 6 nitrogen and oxygen atoms in total. The number of aromatic nitrogens is 3. The summed E-state index contributed by atoms with van der Waals surface area (Å²) in [4.78, 5) is 0. The highest BCUT2D eigenvalue weighted by atomic mass is 16.5. The summed E-state index contributed by atoms with van der Waals surface area (Å²) in [6.07, 6.45) is 2.65. The molecule has 6 heteroatoms. The highest BCUT2D eigenvalue weighted by molar-refractivity contribution is 5.10. The summed E-state index contributed by atoms with van der Waals surface area (Å²) in [7, 11) is 1.66. The maximum atomic E-state index is 9.92. The van der Waals surface area contributed by atoms with Crippen LogP contribution in [-0.4, -0.2) is 39.9 Å². The van der Waals surface area contributed by atoms with Crippen LogP contribution in [0, 0.1) is 5.92 Å². The Kier molecular flexibility index (Phi) is 4.09. The maximum Gasteiger partial charge on any atom is 0.0995 e. The molecule has 0 aromatic carbocycles. The van der Waals surface area contributed by atoms with Crippen molar-refractivity contribution in [1.29, 1.82) is 0 Å². The van der Waals surface area contributed by atoms with Crippen molar-refractivity contribution in [3.63, 3.8) is 0 Å². The van der Waals surface area contributed by atoms with Crippen molar-refractivity contribution in [3.05, 3.63) is 11.4 Å². The van der Waals surface area contributed by atoms with Crippen LogP contribution in [0.1, 0.15) is 24.2 Å². The minimum Gasteiger partial charge on any atom is -0.391 e. The first-order valence-corrected chi connectivity index (χ1v) is 6.04. The fourth-order valence-corrected chi connectivity index (χ4v) is 1.95. The molecule has 1 aromatic rings. The first-order chi connectivity index (χ1) is 8.26. The summed E-state index contributed by atoms with van der Waals surface area (Å²) in [6, 6.07) is 0. The van der Waals surface area contributed by atoms with Crippen molar-refractivity contribution in [2.75, 3.05) is 13.7 Å². The highest BCUT2D eigenvalue weighted by Gasteiger charge is 2.30. The molecule has 1 heterocycles. The van der Waals surface area contributed by atoms with Crippen LogP contribution in [0.5, 0.6) is 0 Å². The summed E-state index contributed by atoms with van der Waals surface area (Å²) in [5.74, 6) is 0.441. The molecule has 1 aliphatic carbocycles. The first-order valence-electron chi connectivity index (χ1n) is 6.04. The second-order valence-corrected chi connectivity index (χ2v) is 4.52. The van der Waals surface area contributed by atoms with Gasteiger partial charge in [-0.1, -0.05) is 5.21 Å². The Balaban J connectivity index is 2.05. The van der Waals surface area contributed by atoms with Gasteiger partial charge in [0.1, 0.15) is 0 Å². The molecule has 2 rings (SSSR count). The molecular weight excluding hydrogens is 220 g/mol. The first kappa shape index (κ1) is 12.5.